The Morgan fingerprint density at radius 1 is 0.909 bits per heavy atom. The molecule has 0 aromatic carbocycles. The molecule has 0 amide bonds. The van der Waals surface area contributed by atoms with Gasteiger partial charge >= 0.3 is 0 Å². The van der Waals surface area contributed by atoms with Crippen LogP contribution in [-0.4, -0.2) is 0 Å². The molecule has 0 spiro atoms. The van der Waals surface area contributed by atoms with E-state index in [9.17, 15) is 0 Å². The third-order valence-electron chi connectivity index (χ3n) is 11.4. The molecule has 1 heterocycles. The lowest BCUT2D eigenvalue weighted by atomic mass is 9.47. The van der Waals surface area contributed by atoms with Crippen molar-refractivity contribution < 1.29 is 4.57 Å². The van der Waals surface area contributed by atoms with Gasteiger partial charge in [-0.2, -0.15) is 0 Å². The Hall–Kier alpha value is -1.11. The van der Waals surface area contributed by atoms with Crippen LogP contribution in [0, 0.1) is 46.3 Å². The van der Waals surface area contributed by atoms with Crippen LogP contribution in [0.2, 0.25) is 0 Å². The van der Waals surface area contributed by atoms with Crippen LogP contribution in [0.15, 0.2) is 42.2 Å². The molecule has 0 bridgehead atoms. The Labute approximate surface area is 204 Å². The van der Waals surface area contributed by atoms with Crippen LogP contribution < -0.4 is 4.57 Å². The van der Waals surface area contributed by atoms with Crippen LogP contribution >= 0.6 is 0 Å². The second kappa shape index (κ2) is 9.16. The van der Waals surface area contributed by atoms with Crippen molar-refractivity contribution in [3.05, 3.63) is 42.2 Å². The largest absolute Gasteiger partial charge is 0.202 e. The topological polar surface area (TPSA) is 3.88 Å². The lowest BCUT2D eigenvalue weighted by Gasteiger charge is -2.58. The minimum absolute atomic E-state index is 0.469. The molecule has 1 heteroatoms. The summed E-state index contributed by atoms with van der Waals surface area (Å²) >= 11 is 0. The van der Waals surface area contributed by atoms with Gasteiger partial charge in [0.05, 0.1) is 0 Å². The van der Waals surface area contributed by atoms with Gasteiger partial charge in [-0.3, -0.25) is 0 Å². The second-order valence-electron chi connectivity index (χ2n) is 13.5. The summed E-state index contributed by atoms with van der Waals surface area (Å²) in [4.78, 5) is 0. The van der Waals surface area contributed by atoms with Crippen LogP contribution in [0.4, 0.5) is 0 Å². The maximum absolute atomic E-state index is 2.75. The first-order valence-corrected chi connectivity index (χ1v) is 14.5. The van der Waals surface area contributed by atoms with E-state index in [0.29, 0.717) is 16.9 Å². The number of rotatable bonds is 6. The van der Waals surface area contributed by atoms with Crippen LogP contribution in [0.1, 0.15) is 111 Å². The van der Waals surface area contributed by atoms with Crippen LogP contribution in [0.3, 0.4) is 0 Å². The van der Waals surface area contributed by atoms with E-state index in [1.165, 1.54) is 70.6 Å². The monoisotopic (exact) mass is 448 g/mol. The van der Waals surface area contributed by atoms with E-state index in [1.807, 2.05) is 5.57 Å². The highest BCUT2D eigenvalue weighted by atomic mass is 15.0. The number of aromatic nitrogens is 1. The Balaban J connectivity index is 1.31. The summed E-state index contributed by atoms with van der Waals surface area (Å²) in [7, 11) is 0. The van der Waals surface area contributed by atoms with Crippen molar-refractivity contribution in [2.75, 3.05) is 0 Å². The summed E-state index contributed by atoms with van der Waals surface area (Å²) in [5, 5.41) is 0. The first kappa shape index (κ1) is 23.6. The third kappa shape index (κ3) is 4.14. The molecule has 0 aliphatic heterocycles. The minimum Gasteiger partial charge on any atom is -0.202 e. The average Bonchev–Trinajstić information content (AvgIpc) is 3.16. The van der Waals surface area contributed by atoms with E-state index in [1.54, 1.807) is 0 Å². The van der Waals surface area contributed by atoms with Gasteiger partial charge in [-0.05, 0) is 84.9 Å². The standard InChI is InChI=1S/C32H50N/c1-23(2)10-9-11-24(3)28-14-15-29-27-13-12-25-22-26(33-20-7-6-8-21-33)16-18-31(25,4)30(27)17-19-32(28,29)5/h6-8,12,20-21,23-24,26-30H,9-11,13-19,22H2,1-5H3/q+1. The number of fused-ring (bicyclic) bond motifs is 5. The smallest absolute Gasteiger partial charge is 0.169 e. The normalized spacial score (nSPS) is 41.2. The van der Waals surface area contributed by atoms with Crippen LogP contribution in [0.5, 0.6) is 0 Å². The Kier molecular flexibility index (Phi) is 6.56. The predicted molar refractivity (Wildman–Crippen MR) is 139 cm³/mol. The quantitative estimate of drug-likeness (QED) is 0.303. The molecule has 182 valence electrons. The van der Waals surface area contributed by atoms with Crippen LogP contribution in [-0.2, 0) is 0 Å². The summed E-state index contributed by atoms with van der Waals surface area (Å²) in [6, 6.07) is 7.20. The van der Waals surface area contributed by atoms with E-state index < -0.39 is 0 Å². The summed E-state index contributed by atoms with van der Waals surface area (Å²) in [6.45, 7) is 12.8. The van der Waals surface area contributed by atoms with Crippen molar-refractivity contribution in [1.29, 1.82) is 0 Å². The maximum Gasteiger partial charge on any atom is 0.169 e. The molecule has 8 atom stereocenters. The third-order valence-corrected chi connectivity index (χ3v) is 11.4. The maximum atomic E-state index is 2.75. The molecule has 3 fully saturated rings. The number of nitrogens with zero attached hydrogens (tertiary/aromatic N) is 1. The number of allylic oxidation sites excluding steroid dienone is 2. The SMILES string of the molecule is CC(C)CCCC(C)C1CCC2C3CC=C4CC([n+]5ccccc5)CCC4(C)C3CCC12C. The van der Waals surface area contributed by atoms with Gasteiger partial charge < -0.3 is 0 Å². The summed E-state index contributed by atoms with van der Waals surface area (Å²) in [6.07, 6.45) is 23.0. The molecule has 4 aliphatic carbocycles. The summed E-state index contributed by atoms with van der Waals surface area (Å²) < 4.78 is 2.48. The molecule has 8 unspecified atom stereocenters. The number of pyridine rings is 1. The van der Waals surface area contributed by atoms with Gasteiger partial charge in [-0.15, -0.1) is 0 Å². The van der Waals surface area contributed by atoms with Gasteiger partial charge in [0, 0.05) is 25.0 Å². The number of hydrogen-bond donors (Lipinski definition) is 0. The van der Waals surface area contributed by atoms with E-state index >= 15 is 0 Å². The molecular weight excluding hydrogens is 398 g/mol. The van der Waals surface area contributed by atoms with Gasteiger partial charge in [-0.25, -0.2) is 4.57 Å². The zero-order chi connectivity index (χ0) is 23.2. The molecule has 1 aromatic heterocycles. The molecule has 0 N–H and O–H groups in total. The lowest BCUT2D eigenvalue weighted by molar-refractivity contribution is -0.725. The minimum atomic E-state index is 0.469. The Morgan fingerprint density at radius 3 is 2.45 bits per heavy atom. The average molecular weight is 449 g/mol. The molecule has 33 heavy (non-hydrogen) atoms. The van der Waals surface area contributed by atoms with Crippen molar-refractivity contribution in [3.63, 3.8) is 0 Å². The Morgan fingerprint density at radius 2 is 1.70 bits per heavy atom. The van der Waals surface area contributed by atoms with Gasteiger partial charge in [0.1, 0.15) is 0 Å². The first-order chi connectivity index (χ1) is 15.8. The highest BCUT2D eigenvalue weighted by Gasteiger charge is 2.59. The summed E-state index contributed by atoms with van der Waals surface area (Å²) in [5.41, 5.74) is 2.89. The van der Waals surface area contributed by atoms with Crippen molar-refractivity contribution in [1.82, 2.24) is 0 Å². The van der Waals surface area contributed by atoms with Gasteiger partial charge in [-0.1, -0.05) is 71.6 Å². The van der Waals surface area contributed by atoms with Crippen molar-refractivity contribution in [2.45, 2.75) is 111 Å². The first-order valence-electron chi connectivity index (χ1n) is 14.5. The van der Waals surface area contributed by atoms with E-state index in [4.69, 9.17) is 0 Å². The molecular formula is C32H50N+. The van der Waals surface area contributed by atoms with Gasteiger partial charge in [0.15, 0.2) is 18.4 Å². The van der Waals surface area contributed by atoms with Gasteiger partial charge in [0.2, 0.25) is 0 Å². The zero-order valence-corrected chi connectivity index (χ0v) is 22.2. The fourth-order valence-corrected chi connectivity index (χ4v) is 9.58. The fourth-order valence-electron chi connectivity index (χ4n) is 9.58. The van der Waals surface area contributed by atoms with Crippen molar-refractivity contribution >= 4 is 0 Å². The Bertz CT molecular complexity index is 839. The highest BCUT2D eigenvalue weighted by molar-refractivity contribution is 5.25. The van der Waals surface area contributed by atoms with Crippen molar-refractivity contribution in [2.24, 2.45) is 46.3 Å². The van der Waals surface area contributed by atoms with Gasteiger partial charge in [0.25, 0.3) is 0 Å². The molecule has 1 aromatic rings. The van der Waals surface area contributed by atoms with Crippen molar-refractivity contribution in [3.8, 4) is 0 Å². The van der Waals surface area contributed by atoms with E-state index in [2.05, 4.69) is 75.9 Å². The lowest BCUT2D eigenvalue weighted by Crippen LogP contribution is -2.52. The van der Waals surface area contributed by atoms with E-state index in [0.717, 1.165) is 35.5 Å². The second-order valence-corrected chi connectivity index (χ2v) is 13.5. The zero-order valence-electron chi connectivity index (χ0n) is 22.2. The molecule has 0 saturated heterocycles. The fraction of sp³-hybridized carbons (Fsp3) is 0.781. The highest BCUT2D eigenvalue weighted by Crippen LogP contribution is 2.67. The molecule has 5 rings (SSSR count). The predicted octanol–water partition coefficient (Wildman–Crippen LogP) is 8.56. The molecule has 0 radical (unpaired) electrons. The van der Waals surface area contributed by atoms with E-state index in [-0.39, 0.29) is 0 Å². The molecule has 1 nitrogen and oxygen atoms in total. The summed E-state index contributed by atoms with van der Waals surface area (Å²) in [5.74, 6) is 5.61. The molecule has 4 aliphatic rings. The van der Waals surface area contributed by atoms with Crippen LogP contribution in [0.25, 0.3) is 0 Å². The number of hydrogen-bond acceptors (Lipinski definition) is 0. The molecule has 3 saturated carbocycles.